The maximum atomic E-state index is 13.6. The van der Waals surface area contributed by atoms with E-state index in [0.717, 1.165) is 5.69 Å². The minimum atomic E-state index is -4.02. The molecule has 0 amide bonds. The lowest BCUT2D eigenvalue weighted by Crippen LogP contribution is -2.12. The average molecular weight is 487 g/mol. The van der Waals surface area contributed by atoms with Crippen molar-refractivity contribution in [1.29, 1.82) is 0 Å². The van der Waals surface area contributed by atoms with Crippen LogP contribution in [0, 0.1) is 0 Å². The zero-order valence-corrected chi connectivity index (χ0v) is 20.6. The van der Waals surface area contributed by atoms with Gasteiger partial charge in [0.2, 0.25) is 0 Å². The molecule has 2 rings (SSSR count). The third-order valence-corrected chi connectivity index (χ3v) is 7.99. The molecule has 178 valence electrons. The van der Waals surface area contributed by atoms with Crippen LogP contribution in [0.2, 0.25) is 0 Å². The Hall–Kier alpha value is -1.57. The quantitative estimate of drug-likeness (QED) is 0.275. The summed E-state index contributed by atoms with van der Waals surface area (Å²) in [6.45, 7) is 7.34. The van der Waals surface area contributed by atoms with Crippen LogP contribution in [0.5, 0.6) is 5.75 Å². The number of ether oxygens (including phenoxy) is 1. The molecule has 11 heteroatoms. The second-order valence-electron chi connectivity index (χ2n) is 6.29. The molecule has 9 nitrogen and oxygen atoms in total. The monoisotopic (exact) mass is 487 g/mol. The van der Waals surface area contributed by atoms with Crippen molar-refractivity contribution in [3.8, 4) is 5.75 Å². The first-order valence-electron chi connectivity index (χ1n) is 10.5. The Labute approximate surface area is 189 Å². The molecule has 0 spiro atoms. The Bertz CT molecular complexity index is 874. The molecule has 0 radical (unpaired) electrons. The summed E-state index contributed by atoms with van der Waals surface area (Å²) in [4.78, 5) is 4.21. The van der Waals surface area contributed by atoms with Gasteiger partial charge in [-0.1, -0.05) is 18.2 Å². The first kappa shape index (κ1) is 26.7. The smallest absolute Gasteiger partial charge is 0.475 e. The van der Waals surface area contributed by atoms with Gasteiger partial charge in [-0.15, -0.1) is 0 Å². The van der Waals surface area contributed by atoms with Gasteiger partial charge in [-0.2, -0.15) is 0 Å². The van der Waals surface area contributed by atoms with E-state index >= 15 is 0 Å². The molecule has 0 bridgehead atoms. The lowest BCUT2D eigenvalue weighted by molar-refractivity contribution is 0.0892. The van der Waals surface area contributed by atoms with E-state index in [1.165, 1.54) is 0 Å². The number of benzene rings is 1. The third kappa shape index (κ3) is 7.78. The summed E-state index contributed by atoms with van der Waals surface area (Å²) in [7, 11) is -7.90. The number of phosphoric acid groups is 1. The number of phosphoric ester groups is 1. The highest BCUT2D eigenvalue weighted by Crippen LogP contribution is 2.67. The first-order valence-corrected chi connectivity index (χ1v) is 13.6. The van der Waals surface area contributed by atoms with Gasteiger partial charge in [-0.25, -0.2) is 4.57 Å². The van der Waals surface area contributed by atoms with Crippen molar-refractivity contribution in [1.82, 2.24) is 4.98 Å². The molecule has 1 aromatic heterocycles. The van der Waals surface area contributed by atoms with Crippen molar-refractivity contribution in [2.45, 2.75) is 40.1 Å². The van der Waals surface area contributed by atoms with E-state index in [-0.39, 0.29) is 26.4 Å². The van der Waals surface area contributed by atoms with Crippen molar-refractivity contribution in [2.75, 3.05) is 26.4 Å². The van der Waals surface area contributed by atoms with Crippen molar-refractivity contribution in [2.24, 2.45) is 0 Å². The largest absolute Gasteiger partial charge is 0.487 e. The van der Waals surface area contributed by atoms with Gasteiger partial charge in [0.1, 0.15) is 12.4 Å². The maximum absolute atomic E-state index is 13.6. The van der Waals surface area contributed by atoms with Gasteiger partial charge in [0.05, 0.1) is 32.1 Å². The van der Waals surface area contributed by atoms with Crippen LogP contribution in [0.1, 0.15) is 44.8 Å². The van der Waals surface area contributed by atoms with Crippen molar-refractivity contribution in [3.63, 3.8) is 0 Å². The molecule has 32 heavy (non-hydrogen) atoms. The average Bonchev–Trinajstić information content (AvgIpc) is 2.78. The van der Waals surface area contributed by atoms with Gasteiger partial charge in [-0.05, 0) is 57.5 Å². The minimum absolute atomic E-state index is 0.0812. The van der Waals surface area contributed by atoms with Gasteiger partial charge in [0, 0.05) is 6.20 Å². The summed E-state index contributed by atoms with van der Waals surface area (Å²) < 4.78 is 59.4. The third-order valence-electron chi connectivity index (χ3n) is 3.99. The van der Waals surface area contributed by atoms with Crippen molar-refractivity contribution in [3.05, 3.63) is 59.9 Å². The summed E-state index contributed by atoms with van der Waals surface area (Å²) in [5.74, 6) is -0.755. The fraction of sp³-hybridized carbons (Fsp3) is 0.476. The maximum Gasteiger partial charge on any atom is 0.475 e. The molecule has 1 atom stereocenters. The Kier molecular flexibility index (Phi) is 11.0. The molecule has 0 saturated heterocycles. The normalized spacial score (nSPS) is 13.1. The second-order valence-corrected chi connectivity index (χ2v) is 9.98. The first-order chi connectivity index (χ1) is 15.4. The molecule has 0 fully saturated rings. The molecule has 0 saturated carbocycles. The molecular weight excluding hydrogens is 456 g/mol. The molecular formula is C21H31NO8P2. The molecule has 2 aromatic rings. The molecule has 0 N–H and O–H groups in total. The Morgan fingerprint density at radius 1 is 0.812 bits per heavy atom. The Morgan fingerprint density at radius 2 is 1.41 bits per heavy atom. The van der Waals surface area contributed by atoms with E-state index in [0.29, 0.717) is 17.9 Å². The number of nitrogens with zero attached hydrogens (tertiary/aromatic N) is 1. The van der Waals surface area contributed by atoms with Crippen LogP contribution < -0.4 is 4.74 Å². The topological polar surface area (TPSA) is 102 Å². The lowest BCUT2D eigenvalue weighted by atomic mass is 10.2. The number of hydrogen-bond acceptors (Lipinski definition) is 9. The van der Waals surface area contributed by atoms with Gasteiger partial charge in [0.15, 0.2) is 5.85 Å². The summed E-state index contributed by atoms with van der Waals surface area (Å²) in [6, 6.07) is 12.2. The van der Waals surface area contributed by atoms with Crippen molar-refractivity contribution >= 4 is 15.4 Å². The Balaban J connectivity index is 2.31. The highest BCUT2D eigenvalue weighted by molar-refractivity contribution is 7.55. The van der Waals surface area contributed by atoms with Crippen LogP contribution >= 0.6 is 15.4 Å². The van der Waals surface area contributed by atoms with Crippen LogP contribution in [-0.4, -0.2) is 31.4 Å². The van der Waals surface area contributed by atoms with E-state index in [1.807, 2.05) is 18.2 Å². The molecule has 1 aromatic carbocycles. The van der Waals surface area contributed by atoms with Crippen LogP contribution in [-0.2, 0) is 38.4 Å². The highest BCUT2D eigenvalue weighted by Gasteiger charge is 2.44. The summed E-state index contributed by atoms with van der Waals surface area (Å²) in [5, 5.41) is 0. The molecule has 0 aliphatic rings. The van der Waals surface area contributed by atoms with E-state index < -0.39 is 21.3 Å². The second kappa shape index (κ2) is 13.2. The summed E-state index contributed by atoms with van der Waals surface area (Å²) >= 11 is 0. The molecule has 1 heterocycles. The molecule has 0 aliphatic carbocycles. The van der Waals surface area contributed by atoms with E-state index in [1.54, 1.807) is 58.2 Å². The minimum Gasteiger partial charge on any atom is -0.487 e. The fourth-order valence-electron chi connectivity index (χ4n) is 2.74. The number of rotatable bonds is 15. The predicted molar refractivity (Wildman–Crippen MR) is 121 cm³/mol. The zero-order chi connectivity index (χ0) is 23.5. The van der Waals surface area contributed by atoms with Crippen LogP contribution in [0.25, 0.3) is 0 Å². The molecule has 0 aliphatic heterocycles. The van der Waals surface area contributed by atoms with Crippen LogP contribution in [0.4, 0.5) is 0 Å². The van der Waals surface area contributed by atoms with E-state index in [2.05, 4.69) is 4.98 Å². The predicted octanol–water partition coefficient (Wildman–Crippen LogP) is 6.12. The highest BCUT2D eigenvalue weighted by atomic mass is 31.2. The number of aromatic nitrogens is 1. The lowest BCUT2D eigenvalue weighted by Gasteiger charge is -2.29. The summed E-state index contributed by atoms with van der Waals surface area (Å²) in [5.41, 5.74) is 1.20. The van der Waals surface area contributed by atoms with Crippen molar-refractivity contribution < 1.29 is 36.5 Å². The standard InChI is InChI=1S/C21H31NO8P2/c1-5-26-31(23,27-6-2)21(30-32(24,28-7-3)29-8-4)18-12-14-20(15-13-18)25-17-19-11-9-10-16-22-19/h9-16,21H,5-8,17H2,1-4H3. The Morgan fingerprint density at radius 3 is 1.91 bits per heavy atom. The van der Waals surface area contributed by atoms with E-state index in [4.69, 9.17) is 27.4 Å². The van der Waals surface area contributed by atoms with Crippen LogP contribution in [0.15, 0.2) is 48.7 Å². The number of hydrogen-bond donors (Lipinski definition) is 0. The van der Waals surface area contributed by atoms with Gasteiger partial charge >= 0.3 is 15.4 Å². The number of pyridine rings is 1. The van der Waals surface area contributed by atoms with E-state index in [9.17, 15) is 9.13 Å². The fourth-order valence-corrected chi connectivity index (χ4v) is 6.35. The van der Waals surface area contributed by atoms with Gasteiger partial charge in [0.25, 0.3) is 0 Å². The zero-order valence-electron chi connectivity index (χ0n) is 18.8. The summed E-state index contributed by atoms with van der Waals surface area (Å²) in [6.07, 6.45) is 1.69. The molecule has 1 unspecified atom stereocenters. The van der Waals surface area contributed by atoms with Gasteiger partial charge < -0.3 is 13.8 Å². The SMILES string of the molecule is CCOP(=O)(OCC)OC(c1ccc(OCc2ccccn2)cc1)P(=O)(OCC)OCC. The van der Waals surface area contributed by atoms with Crippen LogP contribution in [0.3, 0.4) is 0 Å². The van der Waals surface area contributed by atoms with Gasteiger partial charge in [-0.3, -0.25) is 23.1 Å².